The minimum atomic E-state index is -0.101. The number of thioether (sulfide) groups is 1. The fraction of sp³-hybridized carbons (Fsp3) is 0.429. The monoisotopic (exact) mass is 444 g/mol. The van der Waals surface area contributed by atoms with Gasteiger partial charge >= 0.3 is 0 Å². The van der Waals surface area contributed by atoms with Crippen LogP contribution in [0.2, 0.25) is 0 Å². The maximum absolute atomic E-state index is 12.5. The van der Waals surface area contributed by atoms with Gasteiger partial charge in [0.1, 0.15) is 5.56 Å². The summed E-state index contributed by atoms with van der Waals surface area (Å²) in [6.45, 7) is 8.13. The molecule has 1 aromatic carbocycles. The second-order valence-corrected chi connectivity index (χ2v) is 7.68. The minimum absolute atomic E-state index is 0.101. The van der Waals surface area contributed by atoms with Crippen molar-refractivity contribution < 1.29 is 14.3 Å². The van der Waals surface area contributed by atoms with Crippen molar-refractivity contribution in [2.75, 3.05) is 31.4 Å². The van der Waals surface area contributed by atoms with Crippen molar-refractivity contribution in [2.45, 2.75) is 39.0 Å². The third kappa shape index (κ3) is 5.65. The van der Waals surface area contributed by atoms with Crippen LogP contribution in [0.3, 0.4) is 0 Å². The molecule has 10 heteroatoms. The first-order valence-electron chi connectivity index (χ1n) is 10.2. The molecule has 2 heterocycles. The second kappa shape index (κ2) is 11.0. The number of hydrogen-bond donors (Lipinski definition) is 1. The Morgan fingerprint density at radius 1 is 1.23 bits per heavy atom. The minimum Gasteiger partial charge on any atom is -0.476 e. The molecule has 166 valence electrons. The summed E-state index contributed by atoms with van der Waals surface area (Å²) in [5, 5.41) is 16.8. The van der Waals surface area contributed by atoms with Crippen LogP contribution < -0.4 is 10.1 Å². The topological polar surface area (TPSA) is 96.1 Å². The number of amides is 1. The maximum Gasteiger partial charge on any atom is 0.243 e. The molecule has 9 nitrogen and oxygen atoms in total. The highest BCUT2D eigenvalue weighted by Crippen LogP contribution is 2.30. The average molecular weight is 445 g/mol. The number of hydrogen-bond acceptors (Lipinski definition) is 7. The van der Waals surface area contributed by atoms with Crippen molar-refractivity contribution in [3.63, 3.8) is 0 Å². The van der Waals surface area contributed by atoms with E-state index in [1.54, 1.807) is 11.8 Å². The van der Waals surface area contributed by atoms with Gasteiger partial charge in [-0.25, -0.2) is 0 Å². The Kier molecular flexibility index (Phi) is 8.07. The lowest BCUT2D eigenvalue weighted by atomic mass is 10.2. The van der Waals surface area contributed by atoms with E-state index in [2.05, 4.69) is 20.6 Å². The van der Waals surface area contributed by atoms with Crippen molar-refractivity contribution >= 4 is 23.4 Å². The van der Waals surface area contributed by atoms with Crippen LogP contribution >= 0.6 is 11.8 Å². The average Bonchev–Trinajstić information content (AvgIpc) is 3.36. The van der Waals surface area contributed by atoms with Crippen molar-refractivity contribution in [3.05, 3.63) is 36.0 Å². The summed E-state index contributed by atoms with van der Waals surface area (Å²) in [6, 6.07) is 7.69. The normalized spacial score (nSPS) is 11.0. The molecule has 0 saturated heterocycles. The van der Waals surface area contributed by atoms with Gasteiger partial charge in [-0.15, -0.1) is 15.3 Å². The number of nitrogens with one attached hydrogen (secondary N) is 1. The summed E-state index contributed by atoms with van der Waals surface area (Å²) in [5.41, 5.74) is 2.59. The number of nitrogens with zero attached hydrogens (tertiary/aromatic N) is 5. The lowest BCUT2D eigenvalue weighted by Gasteiger charge is -2.10. The Morgan fingerprint density at radius 2 is 2.03 bits per heavy atom. The molecule has 1 N–H and O–H groups in total. The van der Waals surface area contributed by atoms with Gasteiger partial charge < -0.3 is 14.8 Å². The number of aromatic nitrogens is 5. The zero-order chi connectivity index (χ0) is 22.2. The van der Waals surface area contributed by atoms with Gasteiger partial charge in [-0.1, -0.05) is 30.0 Å². The van der Waals surface area contributed by atoms with Crippen LogP contribution in [0.5, 0.6) is 5.88 Å². The van der Waals surface area contributed by atoms with Gasteiger partial charge in [0, 0.05) is 25.5 Å². The van der Waals surface area contributed by atoms with Crippen molar-refractivity contribution in [1.82, 2.24) is 24.5 Å². The van der Waals surface area contributed by atoms with Crippen molar-refractivity contribution in [2.24, 2.45) is 0 Å². The molecule has 0 spiro atoms. The van der Waals surface area contributed by atoms with Crippen LogP contribution in [0.25, 0.3) is 11.4 Å². The molecule has 2 aromatic heterocycles. The van der Waals surface area contributed by atoms with Crippen LogP contribution in [-0.2, 0) is 22.6 Å². The molecule has 3 rings (SSSR count). The van der Waals surface area contributed by atoms with Gasteiger partial charge in [0.15, 0.2) is 11.0 Å². The number of rotatable bonds is 11. The van der Waals surface area contributed by atoms with E-state index in [1.807, 2.05) is 55.8 Å². The van der Waals surface area contributed by atoms with Crippen molar-refractivity contribution in [1.29, 1.82) is 0 Å². The highest BCUT2D eigenvalue weighted by Gasteiger charge is 2.21. The van der Waals surface area contributed by atoms with E-state index >= 15 is 0 Å². The third-order valence-electron chi connectivity index (χ3n) is 4.56. The summed E-state index contributed by atoms with van der Waals surface area (Å²) >= 11 is 1.33. The molecular formula is C21H28N6O3S. The predicted octanol–water partition coefficient (Wildman–Crippen LogP) is 3.25. The lowest BCUT2D eigenvalue weighted by Crippen LogP contribution is -2.15. The number of ether oxygens (including phenoxy) is 2. The largest absolute Gasteiger partial charge is 0.476 e. The number of methoxy groups -OCH3 is 1. The summed E-state index contributed by atoms with van der Waals surface area (Å²) in [7, 11) is 1.65. The Morgan fingerprint density at radius 3 is 2.74 bits per heavy atom. The highest BCUT2D eigenvalue weighted by molar-refractivity contribution is 7.99. The van der Waals surface area contributed by atoms with Crippen LogP contribution in [0, 0.1) is 6.92 Å². The quantitative estimate of drug-likeness (QED) is 0.454. The Bertz CT molecular complexity index is 1020. The van der Waals surface area contributed by atoms with Crippen LogP contribution in [0.4, 0.5) is 5.69 Å². The molecule has 0 bridgehead atoms. The molecule has 0 saturated carbocycles. The predicted molar refractivity (Wildman–Crippen MR) is 120 cm³/mol. The molecule has 0 aliphatic carbocycles. The first-order valence-corrected chi connectivity index (χ1v) is 11.2. The summed E-state index contributed by atoms with van der Waals surface area (Å²) in [5.74, 6) is 1.27. The number of carbonyl (C=O) groups excluding carboxylic acids is 1. The van der Waals surface area contributed by atoms with E-state index in [4.69, 9.17) is 9.47 Å². The smallest absolute Gasteiger partial charge is 0.243 e. The van der Waals surface area contributed by atoms with Gasteiger partial charge in [0.25, 0.3) is 0 Å². The van der Waals surface area contributed by atoms with E-state index in [0.717, 1.165) is 16.8 Å². The van der Waals surface area contributed by atoms with Crippen LogP contribution in [-0.4, -0.2) is 56.5 Å². The fourth-order valence-corrected chi connectivity index (χ4v) is 3.74. The molecule has 3 aromatic rings. The number of anilines is 1. The summed E-state index contributed by atoms with van der Waals surface area (Å²) < 4.78 is 14.7. The molecule has 0 fully saturated rings. The molecule has 0 radical (unpaired) electrons. The third-order valence-corrected chi connectivity index (χ3v) is 5.53. The maximum atomic E-state index is 12.5. The number of aryl methyl sites for hydroxylation is 2. The van der Waals surface area contributed by atoms with E-state index in [9.17, 15) is 4.79 Å². The SMILES string of the molecule is CCOc1nn(CC)cc1-c1nnc(SCC(=O)Nc2ccccc2C)n1CCOC. The number of para-hydroxylation sites is 1. The second-order valence-electron chi connectivity index (χ2n) is 6.74. The highest BCUT2D eigenvalue weighted by atomic mass is 32.2. The van der Waals surface area contributed by atoms with E-state index in [1.165, 1.54) is 11.8 Å². The van der Waals surface area contributed by atoms with Gasteiger partial charge in [0.05, 0.1) is 25.5 Å². The molecular weight excluding hydrogens is 416 g/mol. The Labute approximate surface area is 186 Å². The fourth-order valence-electron chi connectivity index (χ4n) is 2.97. The molecule has 31 heavy (non-hydrogen) atoms. The van der Waals surface area contributed by atoms with Gasteiger partial charge in [0.2, 0.25) is 11.8 Å². The van der Waals surface area contributed by atoms with Gasteiger partial charge in [-0.3, -0.25) is 14.0 Å². The summed E-state index contributed by atoms with van der Waals surface area (Å²) in [4.78, 5) is 12.5. The van der Waals surface area contributed by atoms with E-state index in [0.29, 0.717) is 43.2 Å². The first kappa shape index (κ1) is 22.8. The molecule has 0 unspecified atom stereocenters. The molecule has 0 aliphatic rings. The lowest BCUT2D eigenvalue weighted by molar-refractivity contribution is -0.113. The van der Waals surface area contributed by atoms with Gasteiger partial charge in [-0.2, -0.15) is 0 Å². The number of carbonyl (C=O) groups is 1. The molecule has 0 atom stereocenters. The summed E-state index contributed by atoms with van der Waals surface area (Å²) in [6.07, 6.45) is 1.90. The molecule has 0 aliphatic heterocycles. The van der Waals surface area contributed by atoms with E-state index in [-0.39, 0.29) is 11.7 Å². The zero-order valence-corrected chi connectivity index (χ0v) is 19.1. The first-order chi connectivity index (χ1) is 15.1. The van der Waals surface area contributed by atoms with Crippen molar-refractivity contribution in [3.8, 4) is 17.3 Å². The Hall–Kier alpha value is -2.85. The van der Waals surface area contributed by atoms with Gasteiger partial charge in [-0.05, 0) is 32.4 Å². The molecule has 1 amide bonds. The standard InChI is InChI=1S/C21H28N6O3S/c1-5-26-13-16(20(25-26)30-6-2)19-23-24-21(27(19)11-12-29-4)31-14-18(28)22-17-10-8-7-9-15(17)3/h7-10,13H,5-6,11-12,14H2,1-4H3,(H,22,28). The number of benzene rings is 1. The Balaban J connectivity index is 1.80. The van der Waals surface area contributed by atoms with Crippen LogP contribution in [0.15, 0.2) is 35.6 Å². The van der Waals surface area contributed by atoms with E-state index < -0.39 is 0 Å². The van der Waals surface area contributed by atoms with Crippen LogP contribution in [0.1, 0.15) is 19.4 Å². The zero-order valence-electron chi connectivity index (χ0n) is 18.3.